The normalized spacial score (nSPS) is 16.0. The van der Waals surface area contributed by atoms with Gasteiger partial charge in [0.25, 0.3) is 0 Å². The number of methoxy groups -OCH3 is 1. The molecule has 1 aromatic carbocycles. The Labute approximate surface area is 128 Å². The lowest BCUT2D eigenvalue weighted by Gasteiger charge is -2.31. The molecule has 6 nitrogen and oxygen atoms in total. The van der Waals surface area contributed by atoms with Crippen molar-refractivity contribution in [2.24, 2.45) is 0 Å². The minimum Gasteiger partial charge on any atom is -0.477 e. The van der Waals surface area contributed by atoms with E-state index in [0.717, 1.165) is 12.8 Å². The second kappa shape index (κ2) is 6.19. The fraction of sp³-hybridized carbons (Fsp3) is 0.375. The average Bonchev–Trinajstić information content (AvgIpc) is 3.01. The first-order chi connectivity index (χ1) is 10.7. The Morgan fingerprint density at radius 3 is 2.59 bits per heavy atom. The molecule has 1 aliphatic rings. The number of nitrogens with zero attached hydrogens (tertiary/aromatic N) is 2. The lowest BCUT2D eigenvalue weighted by molar-refractivity contribution is 0.0697. The van der Waals surface area contributed by atoms with Crippen LogP contribution in [0.3, 0.4) is 0 Å². The standard InChI is InChI=1S/C16H18N2O4/c1-21-12-7-9-18(10-8-12)15-13(16(19)20)14(22-17-15)11-5-3-2-4-6-11/h2-6,12H,7-10H2,1H3,(H,19,20). The van der Waals surface area contributed by atoms with Crippen LogP contribution in [-0.2, 0) is 4.74 Å². The van der Waals surface area contributed by atoms with Crippen LogP contribution in [0.4, 0.5) is 5.82 Å². The van der Waals surface area contributed by atoms with Gasteiger partial charge >= 0.3 is 5.97 Å². The van der Waals surface area contributed by atoms with Gasteiger partial charge in [-0.2, -0.15) is 0 Å². The van der Waals surface area contributed by atoms with Crippen molar-refractivity contribution in [3.63, 3.8) is 0 Å². The van der Waals surface area contributed by atoms with E-state index in [1.165, 1.54) is 0 Å². The first-order valence-electron chi connectivity index (χ1n) is 7.27. The summed E-state index contributed by atoms with van der Waals surface area (Å²) in [6.45, 7) is 1.42. The molecule has 0 aliphatic carbocycles. The molecule has 0 atom stereocenters. The number of aromatic carboxylic acids is 1. The van der Waals surface area contributed by atoms with Crippen LogP contribution in [0.1, 0.15) is 23.2 Å². The number of rotatable bonds is 4. The Morgan fingerprint density at radius 2 is 2.00 bits per heavy atom. The van der Waals surface area contributed by atoms with E-state index in [1.807, 2.05) is 35.2 Å². The molecule has 0 bridgehead atoms. The summed E-state index contributed by atoms with van der Waals surface area (Å²) in [5.41, 5.74) is 0.840. The fourth-order valence-corrected chi connectivity index (χ4v) is 2.78. The molecule has 1 saturated heterocycles. The molecular formula is C16H18N2O4. The number of carbonyl (C=O) groups is 1. The minimum atomic E-state index is -1.02. The van der Waals surface area contributed by atoms with Gasteiger partial charge in [-0.25, -0.2) is 4.79 Å². The lowest BCUT2D eigenvalue weighted by atomic mass is 10.1. The van der Waals surface area contributed by atoms with E-state index in [2.05, 4.69) is 5.16 Å². The zero-order valence-electron chi connectivity index (χ0n) is 12.4. The summed E-state index contributed by atoms with van der Waals surface area (Å²) in [5, 5.41) is 13.6. The monoisotopic (exact) mass is 302 g/mol. The molecule has 6 heteroatoms. The maximum Gasteiger partial charge on any atom is 0.343 e. The van der Waals surface area contributed by atoms with Crippen LogP contribution in [-0.4, -0.2) is 42.5 Å². The van der Waals surface area contributed by atoms with Crippen LogP contribution >= 0.6 is 0 Å². The average molecular weight is 302 g/mol. The van der Waals surface area contributed by atoms with Crippen molar-refractivity contribution in [3.05, 3.63) is 35.9 Å². The van der Waals surface area contributed by atoms with E-state index in [4.69, 9.17) is 9.26 Å². The molecular weight excluding hydrogens is 284 g/mol. The number of piperidine rings is 1. The highest BCUT2D eigenvalue weighted by Gasteiger charge is 2.29. The van der Waals surface area contributed by atoms with Crippen molar-refractivity contribution >= 4 is 11.8 Å². The number of ether oxygens (including phenoxy) is 1. The van der Waals surface area contributed by atoms with E-state index in [1.54, 1.807) is 7.11 Å². The van der Waals surface area contributed by atoms with Crippen molar-refractivity contribution < 1.29 is 19.2 Å². The molecule has 0 amide bonds. The van der Waals surface area contributed by atoms with Gasteiger partial charge in [-0.15, -0.1) is 0 Å². The van der Waals surface area contributed by atoms with Gasteiger partial charge in [0.1, 0.15) is 0 Å². The summed E-state index contributed by atoms with van der Waals surface area (Å²) >= 11 is 0. The lowest BCUT2D eigenvalue weighted by Crippen LogP contribution is -2.37. The third-order valence-corrected chi connectivity index (χ3v) is 4.00. The maximum atomic E-state index is 11.7. The van der Waals surface area contributed by atoms with Gasteiger partial charge in [0.15, 0.2) is 17.1 Å². The summed E-state index contributed by atoms with van der Waals surface area (Å²) in [4.78, 5) is 13.6. The Hall–Kier alpha value is -2.34. The SMILES string of the molecule is COC1CCN(c2noc(-c3ccccc3)c2C(=O)O)CC1. The zero-order valence-corrected chi connectivity index (χ0v) is 12.4. The van der Waals surface area contributed by atoms with E-state index in [-0.39, 0.29) is 11.7 Å². The minimum absolute atomic E-state index is 0.127. The first-order valence-corrected chi connectivity index (χ1v) is 7.27. The molecule has 1 N–H and O–H groups in total. The van der Waals surface area contributed by atoms with Crippen LogP contribution in [0, 0.1) is 0 Å². The molecule has 0 unspecified atom stereocenters. The molecule has 1 aliphatic heterocycles. The molecule has 3 rings (SSSR count). The van der Waals surface area contributed by atoms with Crippen molar-refractivity contribution in [3.8, 4) is 11.3 Å². The van der Waals surface area contributed by atoms with E-state index in [0.29, 0.717) is 30.2 Å². The fourth-order valence-electron chi connectivity index (χ4n) is 2.78. The highest BCUT2D eigenvalue weighted by Crippen LogP contribution is 2.32. The number of hydrogen-bond donors (Lipinski definition) is 1. The van der Waals surface area contributed by atoms with Crippen LogP contribution in [0.15, 0.2) is 34.9 Å². The Kier molecular flexibility index (Phi) is 4.11. The van der Waals surface area contributed by atoms with E-state index in [9.17, 15) is 9.90 Å². The number of carboxylic acid groups (broad SMARTS) is 1. The molecule has 0 spiro atoms. The molecule has 1 fully saturated rings. The van der Waals surface area contributed by atoms with Crippen LogP contribution < -0.4 is 4.90 Å². The van der Waals surface area contributed by atoms with E-state index >= 15 is 0 Å². The van der Waals surface area contributed by atoms with Gasteiger partial charge in [0.05, 0.1) is 6.10 Å². The van der Waals surface area contributed by atoms with Crippen LogP contribution in [0.25, 0.3) is 11.3 Å². The van der Waals surface area contributed by atoms with Crippen LogP contribution in [0.2, 0.25) is 0 Å². The number of benzene rings is 1. The van der Waals surface area contributed by atoms with Gasteiger partial charge < -0.3 is 19.3 Å². The van der Waals surface area contributed by atoms with E-state index < -0.39 is 5.97 Å². The topological polar surface area (TPSA) is 75.8 Å². The second-order valence-electron chi connectivity index (χ2n) is 5.30. The number of carboxylic acids is 1. The highest BCUT2D eigenvalue weighted by atomic mass is 16.5. The van der Waals surface area contributed by atoms with Crippen molar-refractivity contribution in [2.75, 3.05) is 25.1 Å². The molecule has 0 radical (unpaired) electrons. The third kappa shape index (κ3) is 2.69. The quantitative estimate of drug-likeness (QED) is 0.935. The Morgan fingerprint density at radius 1 is 1.32 bits per heavy atom. The molecule has 0 saturated carbocycles. The number of aromatic nitrogens is 1. The maximum absolute atomic E-state index is 11.7. The Balaban J connectivity index is 1.93. The van der Waals surface area contributed by atoms with Crippen molar-refractivity contribution in [2.45, 2.75) is 18.9 Å². The smallest absolute Gasteiger partial charge is 0.343 e. The summed E-state index contributed by atoms with van der Waals surface area (Å²) in [7, 11) is 1.70. The second-order valence-corrected chi connectivity index (χ2v) is 5.30. The summed E-state index contributed by atoms with van der Waals surface area (Å²) in [6, 6.07) is 9.18. The summed E-state index contributed by atoms with van der Waals surface area (Å²) in [6.07, 6.45) is 1.93. The zero-order chi connectivity index (χ0) is 15.5. The Bertz CT molecular complexity index is 645. The van der Waals surface area contributed by atoms with Gasteiger partial charge in [0.2, 0.25) is 0 Å². The van der Waals surface area contributed by atoms with Gasteiger partial charge in [-0.1, -0.05) is 35.5 Å². The van der Waals surface area contributed by atoms with Crippen LogP contribution in [0.5, 0.6) is 0 Å². The van der Waals surface area contributed by atoms with Gasteiger partial charge in [0, 0.05) is 25.8 Å². The van der Waals surface area contributed by atoms with Gasteiger partial charge in [-0.05, 0) is 12.8 Å². The summed E-state index contributed by atoms with van der Waals surface area (Å²) < 4.78 is 10.7. The predicted octanol–water partition coefficient (Wildman–Crippen LogP) is 2.66. The number of hydrogen-bond acceptors (Lipinski definition) is 5. The molecule has 2 heterocycles. The molecule has 1 aromatic heterocycles. The third-order valence-electron chi connectivity index (χ3n) is 4.00. The predicted molar refractivity (Wildman–Crippen MR) is 81.1 cm³/mol. The number of anilines is 1. The van der Waals surface area contributed by atoms with Crippen molar-refractivity contribution in [1.29, 1.82) is 0 Å². The summed E-state index contributed by atoms with van der Waals surface area (Å²) in [5.74, 6) is -0.318. The highest BCUT2D eigenvalue weighted by molar-refractivity contribution is 5.99. The van der Waals surface area contributed by atoms with Gasteiger partial charge in [-0.3, -0.25) is 0 Å². The van der Waals surface area contributed by atoms with Crippen molar-refractivity contribution in [1.82, 2.24) is 5.16 Å². The first kappa shape index (κ1) is 14.6. The molecule has 116 valence electrons. The molecule has 22 heavy (non-hydrogen) atoms. The molecule has 2 aromatic rings. The largest absolute Gasteiger partial charge is 0.477 e.